The minimum atomic E-state index is -5.40. The van der Waals surface area contributed by atoms with Crippen LogP contribution in [0.3, 0.4) is 0 Å². The molecule has 15 nitrogen and oxygen atoms in total. The molecule has 194 valence electrons. The van der Waals surface area contributed by atoms with Crippen LogP contribution in [0.2, 0.25) is 0 Å². The second-order valence-corrected chi connectivity index (χ2v) is 13.0. The third-order valence-corrected chi connectivity index (χ3v) is 8.92. The fourth-order valence-corrected chi connectivity index (χ4v) is 6.65. The molecule has 19 heteroatoms. The summed E-state index contributed by atoms with van der Waals surface area (Å²) in [5.41, 5.74) is -1.22. The number of nitro groups is 1. The number of aryl methyl sites for hydroxylation is 1. The van der Waals surface area contributed by atoms with E-state index in [1.165, 1.54) is 6.92 Å². The van der Waals surface area contributed by atoms with Gasteiger partial charge in [-0.05, 0) is 42.8 Å². The van der Waals surface area contributed by atoms with Gasteiger partial charge in [0.05, 0.1) is 20.4 Å². The number of non-ortho nitro benzene ring substituents is 1. The first-order valence-electron chi connectivity index (χ1n) is 9.04. The molecule has 0 bridgehead atoms. The first-order chi connectivity index (χ1) is 16.2. The van der Waals surface area contributed by atoms with E-state index < -0.39 is 87.0 Å². The van der Waals surface area contributed by atoms with Crippen molar-refractivity contribution in [1.29, 1.82) is 0 Å². The average molecular weight is 583 g/mol. The maximum atomic E-state index is 13.0. The van der Waals surface area contributed by atoms with Gasteiger partial charge in [0.15, 0.2) is 0 Å². The Bertz CT molecular complexity index is 1880. The summed E-state index contributed by atoms with van der Waals surface area (Å²) >= 11 is 0. The van der Waals surface area contributed by atoms with Crippen LogP contribution in [-0.2, 0) is 40.4 Å². The van der Waals surface area contributed by atoms with Crippen LogP contribution in [0, 0.1) is 17.0 Å². The Labute approximate surface area is 203 Å². The molecule has 36 heavy (non-hydrogen) atoms. The van der Waals surface area contributed by atoms with Gasteiger partial charge in [0.2, 0.25) is 0 Å². The third kappa shape index (κ3) is 5.31. The van der Waals surface area contributed by atoms with Crippen molar-refractivity contribution >= 4 is 62.5 Å². The van der Waals surface area contributed by atoms with Crippen molar-refractivity contribution in [1.82, 2.24) is 0 Å². The number of anilines is 1. The Morgan fingerprint density at radius 3 is 1.78 bits per heavy atom. The van der Waals surface area contributed by atoms with E-state index in [0.29, 0.717) is 18.2 Å². The smallest absolute Gasteiger partial charge is 0.282 e. The van der Waals surface area contributed by atoms with E-state index in [1.807, 2.05) is 4.72 Å². The van der Waals surface area contributed by atoms with Crippen LogP contribution < -0.4 is 4.72 Å². The largest absolute Gasteiger partial charge is 0.295 e. The minimum absolute atomic E-state index is 0.0979. The van der Waals surface area contributed by atoms with Crippen molar-refractivity contribution < 1.29 is 52.3 Å². The molecular formula is C17H14N2O13S4. The summed E-state index contributed by atoms with van der Waals surface area (Å²) in [6.07, 6.45) is 0. The average Bonchev–Trinajstić information content (AvgIpc) is 2.70. The number of nitro benzene ring substituents is 1. The number of hydrogen-bond acceptors (Lipinski definition) is 10. The van der Waals surface area contributed by atoms with E-state index in [-0.39, 0.29) is 11.6 Å². The Morgan fingerprint density at radius 2 is 1.31 bits per heavy atom. The van der Waals surface area contributed by atoms with E-state index in [9.17, 15) is 57.4 Å². The molecule has 0 aliphatic carbocycles. The molecule has 0 amide bonds. The highest BCUT2D eigenvalue weighted by Gasteiger charge is 2.28. The molecule has 0 unspecified atom stereocenters. The quantitative estimate of drug-likeness (QED) is 0.176. The molecule has 0 aliphatic rings. The highest BCUT2D eigenvalue weighted by molar-refractivity contribution is 7.92. The van der Waals surface area contributed by atoms with Gasteiger partial charge in [0.25, 0.3) is 46.1 Å². The van der Waals surface area contributed by atoms with Crippen molar-refractivity contribution in [2.45, 2.75) is 26.5 Å². The second-order valence-electron chi connectivity index (χ2n) is 7.19. The lowest BCUT2D eigenvalue weighted by molar-refractivity contribution is -0.385. The molecule has 3 aromatic rings. The molecule has 0 spiro atoms. The first-order valence-corrected chi connectivity index (χ1v) is 14.8. The van der Waals surface area contributed by atoms with Gasteiger partial charge >= 0.3 is 0 Å². The molecule has 0 aromatic heterocycles. The van der Waals surface area contributed by atoms with Crippen LogP contribution >= 0.6 is 0 Å². The number of nitrogens with zero attached hydrogens (tertiary/aromatic N) is 1. The van der Waals surface area contributed by atoms with Crippen molar-refractivity contribution in [3.05, 3.63) is 58.1 Å². The van der Waals surface area contributed by atoms with Crippen LogP contribution in [0.15, 0.2) is 62.0 Å². The summed E-state index contributed by atoms with van der Waals surface area (Å²) in [7, 11) is -20.4. The monoisotopic (exact) mass is 582 g/mol. The topological polar surface area (TPSA) is 252 Å². The highest BCUT2D eigenvalue weighted by atomic mass is 32.2. The first kappa shape index (κ1) is 27.4. The zero-order valence-corrected chi connectivity index (χ0v) is 20.8. The molecule has 3 aromatic carbocycles. The highest BCUT2D eigenvalue weighted by Crippen LogP contribution is 2.38. The molecule has 0 aliphatic heterocycles. The summed E-state index contributed by atoms with van der Waals surface area (Å²) in [4.78, 5) is 6.05. The summed E-state index contributed by atoms with van der Waals surface area (Å²) in [5.74, 6) is 0. The molecular weight excluding hydrogens is 568 g/mol. The van der Waals surface area contributed by atoms with Gasteiger partial charge in [-0.2, -0.15) is 25.3 Å². The fraction of sp³-hybridized carbons (Fsp3) is 0.0588. The maximum Gasteiger partial charge on any atom is 0.295 e. The van der Waals surface area contributed by atoms with Gasteiger partial charge in [-0.25, -0.2) is 8.42 Å². The third-order valence-electron chi connectivity index (χ3n) is 4.77. The summed E-state index contributed by atoms with van der Waals surface area (Å²) in [6.45, 7) is 1.23. The summed E-state index contributed by atoms with van der Waals surface area (Å²) in [5, 5.41) is 9.16. The number of fused-ring (bicyclic) bond motifs is 1. The molecule has 4 N–H and O–H groups in total. The van der Waals surface area contributed by atoms with Crippen LogP contribution in [0.25, 0.3) is 10.8 Å². The van der Waals surface area contributed by atoms with Gasteiger partial charge < -0.3 is 0 Å². The van der Waals surface area contributed by atoms with E-state index in [0.717, 1.165) is 18.2 Å². The van der Waals surface area contributed by atoms with Gasteiger partial charge in [-0.1, -0.05) is 0 Å². The number of rotatable bonds is 7. The van der Waals surface area contributed by atoms with Crippen molar-refractivity contribution in [3.63, 3.8) is 0 Å². The van der Waals surface area contributed by atoms with Gasteiger partial charge in [0, 0.05) is 22.9 Å². The van der Waals surface area contributed by atoms with Crippen molar-refractivity contribution in [2.75, 3.05) is 4.72 Å². The van der Waals surface area contributed by atoms with Gasteiger partial charge in [-0.3, -0.25) is 28.5 Å². The molecule has 0 atom stereocenters. The molecule has 3 rings (SSSR count). The van der Waals surface area contributed by atoms with Crippen molar-refractivity contribution in [2.24, 2.45) is 0 Å². The zero-order chi connectivity index (χ0) is 27.4. The lowest BCUT2D eigenvalue weighted by Gasteiger charge is -2.16. The van der Waals surface area contributed by atoms with Crippen LogP contribution in [-0.4, -0.2) is 52.3 Å². The number of hydrogen-bond donors (Lipinski definition) is 4. The summed E-state index contributed by atoms with van der Waals surface area (Å²) in [6, 6.07) is 4.71. The Hall–Kier alpha value is -3.20. The minimum Gasteiger partial charge on any atom is -0.282 e. The Balaban J connectivity index is 2.42. The van der Waals surface area contributed by atoms with E-state index in [2.05, 4.69) is 0 Å². The number of nitrogens with one attached hydrogen (secondary N) is 1. The standard InChI is InChI=1S/C17H14N2O13S4/c1-9-6-10(19(20)21)2-4-14(9)33(22,23)18-13-3-5-15(35(27,28)29)12-7-11(34(24,25)26)8-16(17(12)13)36(30,31)32/h2-8,18H,1H3,(H,24,25,26)(H,27,28,29)(H,30,31,32). The maximum absolute atomic E-state index is 13.0. The predicted molar refractivity (Wildman–Crippen MR) is 122 cm³/mol. The fourth-order valence-electron chi connectivity index (χ4n) is 3.31. The number of sulfonamides is 1. The Morgan fingerprint density at radius 1 is 0.750 bits per heavy atom. The van der Waals surface area contributed by atoms with Crippen molar-refractivity contribution in [3.8, 4) is 0 Å². The zero-order valence-electron chi connectivity index (χ0n) is 17.5. The van der Waals surface area contributed by atoms with E-state index in [1.54, 1.807) is 0 Å². The lowest BCUT2D eigenvalue weighted by atomic mass is 10.1. The Kier molecular flexibility index (Phi) is 6.64. The molecule has 0 radical (unpaired) electrons. The normalized spacial score (nSPS) is 13.0. The lowest BCUT2D eigenvalue weighted by Crippen LogP contribution is -2.16. The predicted octanol–water partition coefficient (Wildman–Crippen LogP) is 1.60. The number of benzene rings is 3. The van der Waals surface area contributed by atoms with E-state index >= 15 is 0 Å². The van der Waals surface area contributed by atoms with Gasteiger partial charge in [0.1, 0.15) is 9.79 Å². The van der Waals surface area contributed by atoms with Gasteiger partial charge in [-0.15, -0.1) is 0 Å². The molecule has 0 heterocycles. The van der Waals surface area contributed by atoms with Crippen LogP contribution in [0.5, 0.6) is 0 Å². The van der Waals surface area contributed by atoms with Crippen LogP contribution in [0.1, 0.15) is 5.56 Å². The SMILES string of the molecule is Cc1cc([N+](=O)[O-])ccc1S(=O)(=O)Nc1ccc(S(=O)(=O)O)c2cc(S(=O)(=O)O)cc(S(=O)(=O)O)c12. The molecule has 0 saturated heterocycles. The van der Waals surface area contributed by atoms with Crippen LogP contribution in [0.4, 0.5) is 11.4 Å². The summed E-state index contributed by atoms with van der Waals surface area (Å²) < 4.78 is 128. The molecule has 0 saturated carbocycles. The second kappa shape index (κ2) is 8.73. The van der Waals surface area contributed by atoms with E-state index in [4.69, 9.17) is 0 Å². The molecule has 0 fully saturated rings.